The molecule has 8 heteroatoms. The summed E-state index contributed by atoms with van der Waals surface area (Å²) >= 11 is 0. The molecule has 1 N–H and O–H groups in total. The second-order valence-electron chi connectivity index (χ2n) is 3.74. The molecule has 2 rings (SSSR count). The Bertz CT molecular complexity index is 702. The van der Waals surface area contributed by atoms with Crippen LogP contribution in [0, 0.1) is 11.6 Å². The van der Waals surface area contributed by atoms with Crippen molar-refractivity contribution in [1.29, 1.82) is 0 Å². The first-order valence-corrected chi connectivity index (χ1v) is 7.00. The lowest BCUT2D eigenvalue weighted by Crippen LogP contribution is -2.05. The summed E-state index contributed by atoms with van der Waals surface area (Å²) in [5, 5.41) is 2.48. The molecule has 0 aliphatic heterocycles. The number of nitrogens with zero attached hydrogens (tertiary/aromatic N) is 2. The molecule has 0 spiro atoms. The highest BCUT2D eigenvalue weighted by Gasteiger charge is 2.16. The lowest BCUT2D eigenvalue weighted by atomic mass is 10.3. The van der Waals surface area contributed by atoms with Crippen LogP contribution in [0.25, 0.3) is 0 Å². The van der Waals surface area contributed by atoms with Crippen LogP contribution in [0.1, 0.15) is 0 Å². The summed E-state index contributed by atoms with van der Waals surface area (Å²) < 4.78 is 49.3. The normalized spacial score (nSPS) is 11.3. The molecule has 100 valence electrons. The number of sulfone groups is 1. The topological polar surface area (TPSA) is 72.0 Å². The van der Waals surface area contributed by atoms with Crippen molar-refractivity contribution in [3.8, 4) is 0 Å². The van der Waals surface area contributed by atoms with E-state index < -0.39 is 26.4 Å². The summed E-state index contributed by atoms with van der Waals surface area (Å²) in [6, 6.07) is 3.86. The monoisotopic (exact) mass is 285 g/mol. The first-order valence-electron chi connectivity index (χ1n) is 5.11. The molecule has 5 nitrogen and oxygen atoms in total. The van der Waals surface area contributed by atoms with Crippen molar-refractivity contribution >= 4 is 21.5 Å². The van der Waals surface area contributed by atoms with Gasteiger partial charge in [0.15, 0.2) is 21.5 Å². The van der Waals surface area contributed by atoms with Crippen LogP contribution in [-0.4, -0.2) is 24.6 Å². The fourth-order valence-electron chi connectivity index (χ4n) is 1.39. The van der Waals surface area contributed by atoms with Crippen LogP contribution in [-0.2, 0) is 9.84 Å². The summed E-state index contributed by atoms with van der Waals surface area (Å²) in [4.78, 5) is 6.76. The van der Waals surface area contributed by atoms with Crippen molar-refractivity contribution < 1.29 is 17.2 Å². The molecule has 0 atom stereocenters. The molecule has 0 aliphatic rings. The third-order valence-corrected chi connectivity index (χ3v) is 3.34. The summed E-state index contributed by atoms with van der Waals surface area (Å²) in [5.41, 5.74) is -0.102. The van der Waals surface area contributed by atoms with Crippen molar-refractivity contribution in [1.82, 2.24) is 9.97 Å². The second kappa shape index (κ2) is 4.88. The quantitative estimate of drug-likeness (QED) is 0.932. The maximum atomic E-state index is 14.0. The molecule has 2 aromatic rings. The Hall–Kier alpha value is -2.09. The molecule has 0 unspecified atom stereocenters. The molecule has 19 heavy (non-hydrogen) atoms. The van der Waals surface area contributed by atoms with E-state index >= 15 is 0 Å². The lowest BCUT2D eigenvalue weighted by Gasteiger charge is -2.08. The van der Waals surface area contributed by atoms with Crippen LogP contribution in [0.5, 0.6) is 0 Å². The largest absolute Gasteiger partial charge is 0.322 e. The minimum absolute atomic E-state index is 0.0362. The van der Waals surface area contributed by atoms with Crippen molar-refractivity contribution in [2.24, 2.45) is 0 Å². The Morgan fingerprint density at radius 3 is 2.37 bits per heavy atom. The van der Waals surface area contributed by atoms with E-state index in [0.29, 0.717) is 0 Å². The SMILES string of the molecule is CS(=O)(=O)c1cccc(Nc2ncc(F)cn2)c1F. The third-order valence-electron chi connectivity index (χ3n) is 2.23. The Morgan fingerprint density at radius 1 is 1.16 bits per heavy atom. The molecule has 0 aliphatic carbocycles. The number of anilines is 2. The summed E-state index contributed by atoms with van der Waals surface area (Å²) in [5.74, 6) is -1.60. The first-order chi connectivity index (χ1) is 8.88. The van der Waals surface area contributed by atoms with Crippen LogP contribution in [0.15, 0.2) is 35.5 Å². The van der Waals surface area contributed by atoms with Gasteiger partial charge >= 0.3 is 0 Å². The highest BCUT2D eigenvalue weighted by molar-refractivity contribution is 7.90. The van der Waals surface area contributed by atoms with Gasteiger partial charge in [-0.3, -0.25) is 0 Å². The van der Waals surface area contributed by atoms with Gasteiger partial charge in [0.05, 0.1) is 18.1 Å². The molecule has 1 aromatic heterocycles. The fraction of sp³-hybridized carbons (Fsp3) is 0.0909. The van der Waals surface area contributed by atoms with Crippen LogP contribution in [0.4, 0.5) is 20.4 Å². The third kappa shape index (κ3) is 3.02. The fourth-order valence-corrected chi connectivity index (χ4v) is 2.15. The van der Waals surface area contributed by atoms with Gasteiger partial charge in [-0.05, 0) is 12.1 Å². The lowest BCUT2D eigenvalue weighted by molar-refractivity contribution is 0.573. The van der Waals surface area contributed by atoms with E-state index in [-0.39, 0.29) is 11.6 Å². The van der Waals surface area contributed by atoms with Crippen LogP contribution in [0.3, 0.4) is 0 Å². The van der Waals surface area contributed by atoms with Gasteiger partial charge in [0.2, 0.25) is 5.95 Å². The van der Waals surface area contributed by atoms with E-state index in [9.17, 15) is 17.2 Å². The van der Waals surface area contributed by atoms with Gasteiger partial charge in [0, 0.05) is 6.26 Å². The second-order valence-corrected chi connectivity index (χ2v) is 5.72. The Kier molecular flexibility index (Phi) is 3.43. The Labute approximate surface area is 108 Å². The Morgan fingerprint density at radius 2 is 1.79 bits per heavy atom. The number of rotatable bonds is 3. The summed E-state index contributed by atoms with van der Waals surface area (Å²) in [6.07, 6.45) is 2.73. The molecule has 1 heterocycles. The van der Waals surface area contributed by atoms with E-state index in [1.807, 2.05) is 0 Å². The van der Waals surface area contributed by atoms with Crippen molar-refractivity contribution in [2.45, 2.75) is 4.90 Å². The van der Waals surface area contributed by atoms with Crippen LogP contribution in [0.2, 0.25) is 0 Å². The molecule has 0 saturated carbocycles. The number of aromatic nitrogens is 2. The van der Waals surface area contributed by atoms with E-state index in [1.54, 1.807) is 0 Å². The minimum Gasteiger partial charge on any atom is -0.322 e. The standard InChI is InChI=1S/C11H9F2N3O2S/c1-19(17,18)9-4-2-3-8(10(9)13)16-11-14-5-7(12)6-15-11/h2-6H,1H3,(H,14,15,16). The average Bonchev–Trinajstić information content (AvgIpc) is 2.33. The zero-order valence-electron chi connectivity index (χ0n) is 9.76. The highest BCUT2D eigenvalue weighted by Crippen LogP contribution is 2.23. The predicted octanol–water partition coefficient (Wildman–Crippen LogP) is 1.90. The van der Waals surface area contributed by atoms with E-state index in [0.717, 1.165) is 24.7 Å². The molecular formula is C11H9F2N3O2S. The van der Waals surface area contributed by atoms with Crippen LogP contribution >= 0.6 is 0 Å². The van der Waals surface area contributed by atoms with Crippen molar-refractivity contribution in [2.75, 3.05) is 11.6 Å². The molecular weight excluding hydrogens is 276 g/mol. The summed E-state index contributed by atoms with van der Waals surface area (Å²) in [7, 11) is -3.67. The van der Waals surface area contributed by atoms with Gasteiger partial charge in [-0.25, -0.2) is 27.2 Å². The zero-order chi connectivity index (χ0) is 14.0. The van der Waals surface area contributed by atoms with Crippen molar-refractivity contribution in [3.63, 3.8) is 0 Å². The van der Waals surface area contributed by atoms with Crippen LogP contribution < -0.4 is 5.32 Å². The molecule has 0 radical (unpaired) electrons. The van der Waals surface area contributed by atoms with Gasteiger partial charge in [-0.2, -0.15) is 0 Å². The predicted molar refractivity (Wildman–Crippen MR) is 64.8 cm³/mol. The first kappa shape index (κ1) is 13.3. The maximum absolute atomic E-state index is 14.0. The summed E-state index contributed by atoms with van der Waals surface area (Å²) in [6.45, 7) is 0. The number of hydrogen-bond donors (Lipinski definition) is 1. The smallest absolute Gasteiger partial charge is 0.227 e. The number of halogens is 2. The minimum atomic E-state index is -3.67. The van der Waals surface area contributed by atoms with E-state index in [4.69, 9.17) is 0 Å². The molecule has 0 saturated heterocycles. The van der Waals surface area contributed by atoms with Gasteiger partial charge < -0.3 is 5.32 Å². The molecule has 0 amide bonds. The maximum Gasteiger partial charge on any atom is 0.227 e. The Balaban J connectivity index is 2.39. The van der Waals surface area contributed by atoms with E-state index in [1.165, 1.54) is 12.1 Å². The van der Waals surface area contributed by atoms with Gasteiger partial charge in [0.1, 0.15) is 4.90 Å². The van der Waals surface area contributed by atoms with Gasteiger partial charge in [-0.15, -0.1) is 0 Å². The van der Waals surface area contributed by atoms with Gasteiger partial charge in [-0.1, -0.05) is 6.07 Å². The van der Waals surface area contributed by atoms with Gasteiger partial charge in [0.25, 0.3) is 0 Å². The average molecular weight is 285 g/mol. The molecule has 1 aromatic carbocycles. The zero-order valence-corrected chi connectivity index (χ0v) is 10.6. The van der Waals surface area contributed by atoms with Crippen molar-refractivity contribution in [3.05, 3.63) is 42.2 Å². The van der Waals surface area contributed by atoms with E-state index in [2.05, 4.69) is 15.3 Å². The molecule has 0 bridgehead atoms. The number of benzene rings is 1. The number of nitrogens with one attached hydrogen (secondary N) is 1. The molecule has 0 fully saturated rings. The number of hydrogen-bond acceptors (Lipinski definition) is 5. The highest BCUT2D eigenvalue weighted by atomic mass is 32.2.